The Bertz CT molecular complexity index is 114. The van der Waals surface area contributed by atoms with Crippen LogP contribution in [0.15, 0.2) is 0 Å². The lowest BCUT2D eigenvalue weighted by atomic mass is 13.0. The highest BCUT2D eigenvalue weighted by Gasteiger charge is 1.96. The second kappa shape index (κ2) is 1.50. The van der Waals surface area contributed by atoms with Crippen LogP contribution in [-0.2, 0) is 10.4 Å². The molecule has 0 aliphatic heterocycles. The van der Waals surface area contributed by atoms with Crippen molar-refractivity contribution >= 4 is 10.4 Å². The zero-order valence-electron chi connectivity index (χ0n) is 2.68. The molecule has 0 radical (unpaired) electrons. The fourth-order valence-corrected chi connectivity index (χ4v) is 0. The highest BCUT2D eigenvalue weighted by atomic mass is 32.3. The summed E-state index contributed by atoms with van der Waals surface area (Å²) in [6.07, 6.45) is 0. The molecule has 0 unspecified atom stereocenters. The van der Waals surface area contributed by atoms with Crippen LogP contribution in [0.25, 0.3) is 0 Å². The molecular weight excluding hydrogens is 111 g/mol. The average molecular weight is 114 g/mol. The highest BCUT2D eigenvalue weighted by Crippen LogP contribution is 1.73. The van der Waals surface area contributed by atoms with Crippen molar-refractivity contribution in [3.63, 3.8) is 0 Å². The van der Waals surface area contributed by atoms with Gasteiger partial charge in [-0.15, -0.1) is 4.83 Å². The van der Waals surface area contributed by atoms with Gasteiger partial charge in [0.1, 0.15) is 0 Å². The van der Waals surface area contributed by atoms with Crippen molar-refractivity contribution in [3.8, 4) is 0 Å². The van der Waals surface area contributed by atoms with Crippen molar-refractivity contribution in [2.75, 3.05) is 0 Å². The van der Waals surface area contributed by atoms with Gasteiger partial charge in [-0.2, -0.15) is 8.42 Å². The highest BCUT2D eigenvalue weighted by molar-refractivity contribution is 7.84. The maximum absolute atomic E-state index is 10.9. The Morgan fingerprint density at radius 3 is 1.83 bits per heavy atom. The molecule has 6 heavy (non-hydrogen) atoms. The lowest BCUT2D eigenvalue weighted by Gasteiger charge is -1.80. The van der Waals surface area contributed by atoms with Crippen LogP contribution in [-0.4, -0.2) is 8.42 Å². The number of hydrogen-bond acceptors (Lipinski definition) is 3. The summed E-state index contributed by atoms with van der Waals surface area (Å²) < 4.78 is 29.0. The maximum Gasteiger partial charge on any atom is 0.385 e. The third-order valence-corrected chi connectivity index (χ3v) is 0.422. The van der Waals surface area contributed by atoms with Gasteiger partial charge in [0, 0.05) is 0 Å². The van der Waals surface area contributed by atoms with Crippen molar-refractivity contribution in [2.45, 2.75) is 0 Å². The Hall–Kier alpha value is -0.200. The molecule has 3 N–H and O–H groups in total. The minimum absolute atomic E-state index is 0.910. The first kappa shape index (κ1) is 5.80. The molecule has 38 valence electrons. The molecule has 0 aromatic carbocycles. The molecule has 0 bridgehead atoms. The van der Waals surface area contributed by atoms with E-state index < -0.39 is 10.4 Å². The monoisotopic (exact) mass is 114 g/mol. The number of hydrazine groups is 1. The quantitative estimate of drug-likeness (QED) is 0.252. The SMILES string of the molecule is NNS(=O)(=O)F. The molecule has 0 aliphatic carbocycles. The zero-order chi connectivity index (χ0) is 5.21. The van der Waals surface area contributed by atoms with Crippen LogP contribution in [0.1, 0.15) is 0 Å². The molecule has 0 heterocycles. The van der Waals surface area contributed by atoms with E-state index in [0.29, 0.717) is 0 Å². The zero-order valence-corrected chi connectivity index (χ0v) is 3.50. The summed E-state index contributed by atoms with van der Waals surface area (Å²) in [7, 11) is -4.63. The molecule has 0 spiro atoms. The third kappa shape index (κ3) is 3.80. The Morgan fingerprint density at radius 2 is 1.83 bits per heavy atom. The van der Waals surface area contributed by atoms with Gasteiger partial charge >= 0.3 is 10.4 Å². The van der Waals surface area contributed by atoms with Gasteiger partial charge in [-0.25, -0.2) is 0 Å². The first-order valence-electron chi connectivity index (χ1n) is 0.980. The van der Waals surface area contributed by atoms with Crippen molar-refractivity contribution in [1.82, 2.24) is 4.83 Å². The molecule has 4 nitrogen and oxygen atoms in total. The first-order valence-corrected chi connectivity index (χ1v) is 2.36. The predicted octanol–water partition coefficient (Wildman–Crippen LogP) is -1.34. The maximum atomic E-state index is 10.9. The van der Waals surface area contributed by atoms with Gasteiger partial charge < -0.3 is 0 Å². The van der Waals surface area contributed by atoms with Gasteiger partial charge in [0.25, 0.3) is 0 Å². The van der Waals surface area contributed by atoms with E-state index in [1.54, 1.807) is 0 Å². The minimum atomic E-state index is -4.63. The predicted molar refractivity (Wildman–Crippen MR) is 17.4 cm³/mol. The standard InChI is InChI=1S/FH3N2O2S/c1-6(4,5)3-2/h3H,2H2. The Labute approximate surface area is 34.5 Å². The number of halogens is 1. The number of rotatable bonds is 1. The summed E-state index contributed by atoms with van der Waals surface area (Å²) in [5, 5.41) is 0. The average Bonchev–Trinajstić information content (AvgIpc) is 1.35. The van der Waals surface area contributed by atoms with Crippen LogP contribution in [0.4, 0.5) is 3.89 Å². The second-order valence-corrected chi connectivity index (χ2v) is 1.67. The van der Waals surface area contributed by atoms with E-state index in [1.165, 1.54) is 0 Å². The molecule has 0 saturated heterocycles. The van der Waals surface area contributed by atoms with Crippen molar-refractivity contribution < 1.29 is 12.3 Å². The van der Waals surface area contributed by atoms with E-state index in [0.717, 1.165) is 4.83 Å². The molecule has 0 aliphatic rings. The van der Waals surface area contributed by atoms with Gasteiger partial charge in [0.05, 0.1) is 0 Å². The Morgan fingerprint density at radius 1 is 1.67 bits per heavy atom. The molecule has 0 saturated carbocycles. The van der Waals surface area contributed by atoms with Crippen LogP contribution in [0.5, 0.6) is 0 Å². The molecule has 0 amide bonds. The molecule has 0 aromatic heterocycles. The van der Waals surface area contributed by atoms with Crippen LogP contribution in [0.2, 0.25) is 0 Å². The fourth-order valence-electron chi connectivity index (χ4n) is 0. The van der Waals surface area contributed by atoms with E-state index in [9.17, 15) is 3.89 Å². The molecule has 0 rings (SSSR count). The third-order valence-electron chi connectivity index (χ3n) is 0.141. The van der Waals surface area contributed by atoms with Crippen LogP contribution < -0.4 is 10.7 Å². The van der Waals surface area contributed by atoms with Crippen LogP contribution in [0, 0.1) is 0 Å². The van der Waals surface area contributed by atoms with Crippen molar-refractivity contribution in [3.05, 3.63) is 0 Å². The number of hydrogen-bond donors (Lipinski definition) is 2. The second-order valence-electron chi connectivity index (χ2n) is 0.556. The minimum Gasteiger partial charge on any atom is -0.256 e. The van der Waals surface area contributed by atoms with Crippen LogP contribution >= 0.6 is 0 Å². The molecule has 6 heteroatoms. The summed E-state index contributed by atoms with van der Waals surface area (Å²) in [6.45, 7) is 0. The molecular formula is H3FN2O2S. The number of nitrogens with one attached hydrogen (secondary N) is 1. The normalized spacial score (nSPS) is 11.7. The van der Waals surface area contributed by atoms with Crippen molar-refractivity contribution in [1.29, 1.82) is 0 Å². The summed E-state index contributed by atoms with van der Waals surface area (Å²) in [5.41, 5.74) is 0. The summed E-state index contributed by atoms with van der Waals surface area (Å²) in [5.74, 6) is 4.09. The summed E-state index contributed by atoms with van der Waals surface area (Å²) >= 11 is 0. The fraction of sp³-hybridized carbons (Fsp3) is 0. The number of nitrogens with two attached hydrogens (primary N) is 1. The Kier molecular flexibility index (Phi) is 1.45. The lowest BCUT2D eigenvalue weighted by Crippen LogP contribution is -2.25. The molecule has 0 aromatic rings. The van der Waals surface area contributed by atoms with E-state index in [2.05, 4.69) is 5.84 Å². The van der Waals surface area contributed by atoms with E-state index in [-0.39, 0.29) is 0 Å². The summed E-state index contributed by atoms with van der Waals surface area (Å²) in [6, 6.07) is 0. The topological polar surface area (TPSA) is 72.2 Å². The van der Waals surface area contributed by atoms with Crippen LogP contribution in [0.3, 0.4) is 0 Å². The van der Waals surface area contributed by atoms with Gasteiger partial charge in [-0.3, -0.25) is 5.84 Å². The molecule has 0 atom stereocenters. The van der Waals surface area contributed by atoms with E-state index >= 15 is 0 Å². The Balaban J connectivity index is 3.85. The smallest absolute Gasteiger partial charge is 0.256 e. The van der Waals surface area contributed by atoms with Gasteiger partial charge in [0.2, 0.25) is 0 Å². The van der Waals surface area contributed by atoms with E-state index in [1.807, 2.05) is 0 Å². The largest absolute Gasteiger partial charge is 0.385 e. The van der Waals surface area contributed by atoms with Crippen molar-refractivity contribution in [2.24, 2.45) is 5.84 Å². The van der Waals surface area contributed by atoms with Gasteiger partial charge in [-0.05, 0) is 0 Å². The lowest BCUT2D eigenvalue weighted by molar-refractivity contribution is 0.538. The van der Waals surface area contributed by atoms with Gasteiger partial charge in [-0.1, -0.05) is 3.89 Å². The van der Waals surface area contributed by atoms with E-state index in [4.69, 9.17) is 8.42 Å². The summed E-state index contributed by atoms with van der Waals surface area (Å²) in [4.78, 5) is 0.910. The first-order chi connectivity index (χ1) is 2.56. The molecule has 0 fully saturated rings. The van der Waals surface area contributed by atoms with Gasteiger partial charge in [0.15, 0.2) is 0 Å².